The Labute approximate surface area is 118 Å². The molecule has 0 aliphatic carbocycles. The summed E-state index contributed by atoms with van der Waals surface area (Å²) in [4.78, 5) is 11.6. The van der Waals surface area contributed by atoms with Crippen molar-refractivity contribution in [3.8, 4) is 5.75 Å². The van der Waals surface area contributed by atoms with Crippen LogP contribution >= 0.6 is 11.6 Å². The molecule has 0 saturated carbocycles. The fraction of sp³-hybridized carbons (Fsp3) is 0.500. The number of rotatable bonds is 7. The first-order valence-electron chi connectivity index (χ1n) is 6.32. The lowest BCUT2D eigenvalue weighted by molar-refractivity contribution is -0.123. The fourth-order valence-electron chi connectivity index (χ4n) is 1.70. The van der Waals surface area contributed by atoms with Crippen LogP contribution in [0.3, 0.4) is 0 Å². The van der Waals surface area contributed by atoms with E-state index in [1.807, 2.05) is 13.8 Å². The van der Waals surface area contributed by atoms with Gasteiger partial charge in [0.2, 0.25) is 0 Å². The van der Waals surface area contributed by atoms with E-state index in [1.54, 1.807) is 18.2 Å². The average Bonchev–Trinajstić information content (AvgIpc) is 2.35. The number of hydrogen-bond donors (Lipinski definition) is 2. The molecule has 0 aromatic heterocycles. The van der Waals surface area contributed by atoms with E-state index in [-0.39, 0.29) is 25.2 Å². The molecule has 106 valence electrons. The topological polar surface area (TPSA) is 58.6 Å². The molecule has 0 aliphatic heterocycles. The lowest BCUT2D eigenvalue weighted by Crippen LogP contribution is -2.36. The third-order valence-corrected chi connectivity index (χ3v) is 2.93. The minimum atomic E-state index is -0.167. The van der Waals surface area contributed by atoms with Crippen molar-refractivity contribution in [2.45, 2.75) is 32.7 Å². The molecule has 2 N–H and O–H groups in total. The van der Waals surface area contributed by atoms with E-state index in [9.17, 15) is 4.79 Å². The van der Waals surface area contributed by atoms with Gasteiger partial charge in [0.15, 0.2) is 6.61 Å². The monoisotopic (exact) mass is 285 g/mol. The molecule has 0 bridgehead atoms. The van der Waals surface area contributed by atoms with Gasteiger partial charge in [-0.3, -0.25) is 4.79 Å². The molecule has 5 heteroatoms. The van der Waals surface area contributed by atoms with Crippen molar-refractivity contribution in [2.24, 2.45) is 0 Å². The lowest BCUT2D eigenvalue weighted by atomic mass is 10.2. The van der Waals surface area contributed by atoms with Gasteiger partial charge in [0.25, 0.3) is 5.91 Å². The van der Waals surface area contributed by atoms with Gasteiger partial charge in [-0.2, -0.15) is 0 Å². The first-order chi connectivity index (χ1) is 9.02. The molecule has 1 aromatic carbocycles. The summed E-state index contributed by atoms with van der Waals surface area (Å²) in [5, 5.41) is 12.2. The molecule has 4 nitrogen and oxygen atoms in total. The SMILES string of the molecule is Cc1cc(Cl)ccc1OCC(=O)NC(C)CCCO. The third kappa shape index (κ3) is 5.94. The summed E-state index contributed by atoms with van der Waals surface area (Å²) in [6.07, 6.45) is 1.43. The molecule has 0 radical (unpaired) electrons. The number of hydrogen-bond acceptors (Lipinski definition) is 3. The molecular formula is C14H20ClNO3. The predicted octanol–water partition coefficient (Wildman–Crippen LogP) is 2.30. The summed E-state index contributed by atoms with van der Waals surface area (Å²) >= 11 is 5.84. The average molecular weight is 286 g/mol. The van der Waals surface area contributed by atoms with Crippen molar-refractivity contribution in [1.29, 1.82) is 0 Å². The van der Waals surface area contributed by atoms with Gasteiger partial charge in [-0.15, -0.1) is 0 Å². The molecule has 0 fully saturated rings. The normalized spacial score (nSPS) is 12.0. The zero-order chi connectivity index (χ0) is 14.3. The molecule has 0 spiro atoms. The minimum Gasteiger partial charge on any atom is -0.484 e. The molecule has 1 unspecified atom stereocenters. The third-order valence-electron chi connectivity index (χ3n) is 2.70. The van der Waals surface area contributed by atoms with E-state index >= 15 is 0 Å². The van der Waals surface area contributed by atoms with Crippen LogP contribution in [0.25, 0.3) is 0 Å². The molecule has 1 aromatic rings. The van der Waals surface area contributed by atoms with Crippen LogP contribution in [0.5, 0.6) is 5.75 Å². The molecule has 1 amide bonds. The van der Waals surface area contributed by atoms with Crippen molar-refractivity contribution in [3.05, 3.63) is 28.8 Å². The molecule has 0 aliphatic rings. The molecule has 0 saturated heterocycles. The maximum absolute atomic E-state index is 11.6. The Hall–Kier alpha value is -1.26. The highest BCUT2D eigenvalue weighted by molar-refractivity contribution is 6.30. The maximum Gasteiger partial charge on any atom is 0.258 e. The Kier molecular flexibility index (Phi) is 6.67. The molecular weight excluding hydrogens is 266 g/mol. The standard InChI is InChI=1S/C14H20ClNO3/c1-10-8-12(15)5-6-13(10)19-9-14(18)16-11(2)4-3-7-17/h5-6,8,11,17H,3-4,7,9H2,1-2H3,(H,16,18). The number of nitrogens with one attached hydrogen (secondary N) is 1. The summed E-state index contributed by atoms with van der Waals surface area (Å²) in [7, 11) is 0. The van der Waals surface area contributed by atoms with E-state index in [4.69, 9.17) is 21.4 Å². The van der Waals surface area contributed by atoms with Gasteiger partial charge in [0, 0.05) is 17.7 Å². The highest BCUT2D eigenvalue weighted by Gasteiger charge is 2.08. The van der Waals surface area contributed by atoms with Crippen LogP contribution < -0.4 is 10.1 Å². The summed E-state index contributed by atoms with van der Waals surface area (Å²) in [5.74, 6) is 0.488. The molecule has 1 atom stereocenters. The number of amides is 1. The van der Waals surface area contributed by atoms with Crippen LogP contribution in [0.4, 0.5) is 0 Å². The number of aliphatic hydroxyl groups excluding tert-OH is 1. The number of benzene rings is 1. The quantitative estimate of drug-likeness (QED) is 0.808. The second-order valence-corrected chi connectivity index (χ2v) is 4.97. The Morgan fingerprint density at radius 3 is 2.89 bits per heavy atom. The van der Waals surface area contributed by atoms with E-state index in [0.717, 1.165) is 12.0 Å². The van der Waals surface area contributed by atoms with E-state index < -0.39 is 0 Å². The lowest BCUT2D eigenvalue weighted by Gasteiger charge is -2.14. The molecule has 1 rings (SSSR count). The Balaban J connectivity index is 2.37. The molecule has 0 heterocycles. The van der Waals surface area contributed by atoms with Crippen molar-refractivity contribution >= 4 is 17.5 Å². The van der Waals surface area contributed by atoms with Crippen LogP contribution in [-0.2, 0) is 4.79 Å². The van der Waals surface area contributed by atoms with Gasteiger partial charge in [-0.1, -0.05) is 11.6 Å². The summed E-state index contributed by atoms with van der Waals surface area (Å²) < 4.78 is 5.44. The maximum atomic E-state index is 11.6. The van der Waals surface area contributed by atoms with Crippen LogP contribution in [-0.4, -0.2) is 30.3 Å². The highest BCUT2D eigenvalue weighted by Crippen LogP contribution is 2.21. The van der Waals surface area contributed by atoms with Crippen LogP contribution in [0.1, 0.15) is 25.3 Å². The largest absolute Gasteiger partial charge is 0.484 e. The summed E-state index contributed by atoms with van der Waals surface area (Å²) in [5.41, 5.74) is 0.897. The van der Waals surface area contributed by atoms with Gasteiger partial charge < -0.3 is 15.2 Å². The van der Waals surface area contributed by atoms with Crippen molar-refractivity contribution in [2.75, 3.05) is 13.2 Å². The Morgan fingerprint density at radius 2 is 2.26 bits per heavy atom. The van der Waals surface area contributed by atoms with Gasteiger partial charge in [0.1, 0.15) is 5.75 Å². The van der Waals surface area contributed by atoms with E-state index in [0.29, 0.717) is 17.2 Å². The summed E-state index contributed by atoms with van der Waals surface area (Å²) in [6, 6.07) is 5.30. The van der Waals surface area contributed by atoms with Gasteiger partial charge >= 0.3 is 0 Å². The first kappa shape index (κ1) is 15.8. The van der Waals surface area contributed by atoms with Gasteiger partial charge in [-0.05, 0) is 50.5 Å². The zero-order valence-electron chi connectivity index (χ0n) is 11.3. The highest BCUT2D eigenvalue weighted by atomic mass is 35.5. The van der Waals surface area contributed by atoms with Gasteiger partial charge in [-0.25, -0.2) is 0 Å². The van der Waals surface area contributed by atoms with Crippen LogP contribution in [0.15, 0.2) is 18.2 Å². The fourth-order valence-corrected chi connectivity index (χ4v) is 1.93. The summed E-state index contributed by atoms with van der Waals surface area (Å²) in [6.45, 7) is 3.90. The zero-order valence-corrected chi connectivity index (χ0v) is 12.0. The number of aliphatic hydroxyl groups is 1. The minimum absolute atomic E-state index is 0.0219. The second-order valence-electron chi connectivity index (χ2n) is 4.53. The first-order valence-corrected chi connectivity index (χ1v) is 6.70. The van der Waals surface area contributed by atoms with Crippen molar-refractivity contribution in [3.63, 3.8) is 0 Å². The smallest absolute Gasteiger partial charge is 0.258 e. The van der Waals surface area contributed by atoms with Crippen LogP contribution in [0.2, 0.25) is 5.02 Å². The van der Waals surface area contributed by atoms with Crippen molar-refractivity contribution in [1.82, 2.24) is 5.32 Å². The molecule has 19 heavy (non-hydrogen) atoms. The number of halogens is 1. The Bertz CT molecular complexity index is 423. The number of carbonyl (C=O) groups is 1. The van der Waals surface area contributed by atoms with Crippen LogP contribution in [0, 0.1) is 6.92 Å². The van der Waals surface area contributed by atoms with E-state index in [1.165, 1.54) is 0 Å². The van der Waals surface area contributed by atoms with Crippen molar-refractivity contribution < 1.29 is 14.6 Å². The Morgan fingerprint density at radius 1 is 1.53 bits per heavy atom. The van der Waals surface area contributed by atoms with Gasteiger partial charge in [0.05, 0.1) is 0 Å². The number of carbonyl (C=O) groups excluding carboxylic acids is 1. The predicted molar refractivity (Wildman–Crippen MR) is 75.6 cm³/mol. The second kappa shape index (κ2) is 8.02. The van der Waals surface area contributed by atoms with E-state index in [2.05, 4.69) is 5.32 Å². The number of aryl methyl sites for hydroxylation is 1. The number of ether oxygens (including phenoxy) is 1.